The Morgan fingerprint density at radius 1 is 1.14 bits per heavy atom. The second kappa shape index (κ2) is 9.54. The van der Waals surface area contributed by atoms with Crippen LogP contribution in [-0.4, -0.2) is 59.4 Å². The van der Waals surface area contributed by atoms with Crippen molar-refractivity contribution in [3.63, 3.8) is 0 Å². The van der Waals surface area contributed by atoms with E-state index in [1.54, 1.807) is 9.80 Å². The first-order valence-electron chi connectivity index (χ1n) is 9.48. The van der Waals surface area contributed by atoms with E-state index in [1.807, 2.05) is 43.5 Å². The van der Waals surface area contributed by atoms with E-state index in [0.717, 1.165) is 16.5 Å². The number of nitrogens with zero attached hydrogens (tertiary/aromatic N) is 3. The van der Waals surface area contributed by atoms with Crippen LogP contribution in [0, 0.1) is 6.92 Å². The molecular formula is C20H26N4O3S. The van der Waals surface area contributed by atoms with Crippen LogP contribution in [-0.2, 0) is 17.8 Å². The standard InChI is InChI=1S/C20H26N4O3S/c1-3-21-20(26)24-10-8-23(9-11-24)19(25)12-16-14-28-18(22-16)13-27-17-6-4-15(2)5-7-17/h4-7,14H,3,8-13H2,1-2H3,(H,21,26). The summed E-state index contributed by atoms with van der Waals surface area (Å²) in [5.41, 5.74) is 1.96. The molecule has 1 saturated heterocycles. The lowest BCUT2D eigenvalue weighted by atomic mass is 10.2. The zero-order valence-corrected chi connectivity index (χ0v) is 17.1. The molecule has 0 aliphatic carbocycles. The van der Waals surface area contributed by atoms with Gasteiger partial charge in [-0.15, -0.1) is 11.3 Å². The molecule has 0 bridgehead atoms. The summed E-state index contributed by atoms with van der Waals surface area (Å²) >= 11 is 1.50. The highest BCUT2D eigenvalue weighted by atomic mass is 32.1. The Morgan fingerprint density at radius 3 is 2.50 bits per heavy atom. The van der Waals surface area contributed by atoms with Gasteiger partial charge in [-0.3, -0.25) is 4.79 Å². The summed E-state index contributed by atoms with van der Waals surface area (Å²) in [5.74, 6) is 0.857. The maximum absolute atomic E-state index is 12.5. The summed E-state index contributed by atoms with van der Waals surface area (Å²) in [4.78, 5) is 32.4. The van der Waals surface area contributed by atoms with Crippen LogP contribution in [0.25, 0.3) is 0 Å². The van der Waals surface area contributed by atoms with Gasteiger partial charge in [0.1, 0.15) is 17.4 Å². The third-order valence-electron chi connectivity index (χ3n) is 4.56. The normalized spacial score (nSPS) is 14.1. The fourth-order valence-electron chi connectivity index (χ4n) is 2.96. The quantitative estimate of drug-likeness (QED) is 0.805. The number of aromatic nitrogens is 1. The Kier molecular flexibility index (Phi) is 6.86. The number of benzene rings is 1. The SMILES string of the molecule is CCNC(=O)N1CCN(C(=O)Cc2csc(COc3ccc(C)cc3)n2)CC1. The summed E-state index contributed by atoms with van der Waals surface area (Å²) < 4.78 is 5.74. The molecule has 3 amide bonds. The second-order valence-electron chi connectivity index (χ2n) is 6.71. The molecule has 0 atom stereocenters. The van der Waals surface area contributed by atoms with Crippen LogP contribution < -0.4 is 10.1 Å². The van der Waals surface area contributed by atoms with Gasteiger partial charge in [0.2, 0.25) is 5.91 Å². The van der Waals surface area contributed by atoms with E-state index in [4.69, 9.17) is 4.74 Å². The molecule has 1 aromatic heterocycles. The molecule has 1 aliphatic rings. The van der Waals surface area contributed by atoms with Crippen molar-refractivity contribution in [3.8, 4) is 5.75 Å². The third kappa shape index (κ3) is 5.45. The van der Waals surface area contributed by atoms with Crippen molar-refractivity contribution < 1.29 is 14.3 Å². The van der Waals surface area contributed by atoms with Crippen molar-refractivity contribution in [3.05, 3.63) is 45.9 Å². The number of aryl methyl sites for hydroxylation is 1. The van der Waals surface area contributed by atoms with Gasteiger partial charge in [0.25, 0.3) is 0 Å². The highest BCUT2D eigenvalue weighted by molar-refractivity contribution is 7.09. The van der Waals surface area contributed by atoms with Crippen molar-refractivity contribution >= 4 is 23.3 Å². The lowest BCUT2D eigenvalue weighted by Gasteiger charge is -2.34. The predicted molar refractivity (Wildman–Crippen MR) is 109 cm³/mol. The first kappa shape index (κ1) is 20.1. The Bertz CT molecular complexity index is 798. The Balaban J connectivity index is 1.45. The molecule has 8 heteroatoms. The number of thiazole rings is 1. The topological polar surface area (TPSA) is 74.8 Å². The van der Waals surface area contributed by atoms with Crippen LogP contribution >= 0.6 is 11.3 Å². The minimum absolute atomic E-state index is 0.0480. The van der Waals surface area contributed by atoms with Crippen LogP contribution in [0.4, 0.5) is 4.79 Å². The lowest BCUT2D eigenvalue weighted by molar-refractivity contribution is -0.131. The average molecular weight is 403 g/mol. The van der Waals surface area contributed by atoms with Gasteiger partial charge >= 0.3 is 6.03 Å². The third-order valence-corrected chi connectivity index (χ3v) is 5.43. The van der Waals surface area contributed by atoms with Crippen molar-refractivity contribution in [2.24, 2.45) is 0 Å². The molecule has 28 heavy (non-hydrogen) atoms. The van der Waals surface area contributed by atoms with Crippen molar-refractivity contribution in [1.82, 2.24) is 20.1 Å². The van der Waals surface area contributed by atoms with Crippen LogP contribution in [0.5, 0.6) is 5.75 Å². The highest BCUT2D eigenvalue weighted by Gasteiger charge is 2.24. The Morgan fingerprint density at radius 2 is 1.82 bits per heavy atom. The van der Waals surface area contributed by atoms with Crippen LogP contribution in [0.3, 0.4) is 0 Å². The van der Waals surface area contributed by atoms with Crippen LogP contribution in [0.2, 0.25) is 0 Å². The smallest absolute Gasteiger partial charge is 0.317 e. The van der Waals surface area contributed by atoms with Crippen LogP contribution in [0.1, 0.15) is 23.2 Å². The Hall–Kier alpha value is -2.61. The lowest BCUT2D eigenvalue weighted by Crippen LogP contribution is -2.53. The molecule has 1 fully saturated rings. The number of rotatable bonds is 6. The summed E-state index contributed by atoms with van der Waals surface area (Å²) in [6.45, 7) is 7.17. The largest absolute Gasteiger partial charge is 0.486 e. The van der Waals surface area contributed by atoms with Gasteiger partial charge in [-0.05, 0) is 26.0 Å². The minimum Gasteiger partial charge on any atom is -0.486 e. The van der Waals surface area contributed by atoms with E-state index in [-0.39, 0.29) is 18.4 Å². The first-order valence-corrected chi connectivity index (χ1v) is 10.4. The van der Waals surface area contributed by atoms with Gasteiger partial charge in [0.05, 0.1) is 12.1 Å². The van der Waals surface area contributed by atoms with E-state index in [0.29, 0.717) is 39.3 Å². The number of carbonyl (C=O) groups is 2. The number of nitrogens with one attached hydrogen (secondary N) is 1. The molecule has 0 saturated carbocycles. The van der Waals surface area contributed by atoms with Gasteiger partial charge in [-0.2, -0.15) is 0 Å². The Labute approximate surface area is 169 Å². The number of ether oxygens (including phenoxy) is 1. The summed E-state index contributed by atoms with van der Waals surface area (Å²) in [5, 5.41) is 5.56. The maximum Gasteiger partial charge on any atom is 0.317 e. The number of hydrogen-bond acceptors (Lipinski definition) is 5. The van der Waals surface area contributed by atoms with E-state index in [9.17, 15) is 9.59 Å². The molecule has 0 spiro atoms. The van der Waals surface area contributed by atoms with Crippen molar-refractivity contribution in [1.29, 1.82) is 0 Å². The van der Waals surface area contributed by atoms with E-state index in [2.05, 4.69) is 10.3 Å². The van der Waals surface area contributed by atoms with Gasteiger partial charge in [0, 0.05) is 38.1 Å². The number of urea groups is 1. The monoisotopic (exact) mass is 402 g/mol. The van der Waals surface area contributed by atoms with Gasteiger partial charge < -0.3 is 19.9 Å². The molecule has 0 unspecified atom stereocenters. The molecule has 1 aliphatic heterocycles. The molecule has 150 valence electrons. The second-order valence-corrected chi connectivity index (χ2v) is 7.66. The zero-order chi connectivity index (χ0) is 19.9. The van der Waals surface area contributed by atoms with E-state index in [1.165, 1.54) is 16.9 Å². The molecule has 1 aromatic carbocycles. The molecular weight excluding hydrogens is 376 g/mol. The summed E-state index contributed by atoms with van der Waals surface area (Å²) in [6, 6.07) is 7.83. The van der Waals surface area contributed by atoms with Crippen LogP contribution in [0.15, 0.2) is 29.6 Å². The molecule has 2 aromatic rings. The number of amides is 3. The minimum atomic E-state index is -0.0627. The highest BCUT2D eigenvalue weighted by Crippen LogP contribution is 2.17. The van der Waals surface area contributed by atoms with Crippen molar-refractivity contribution in [2.45, 2.75) is 26.9 Å². The van der Waals surface area contributed by atoms with Gasteiger partial charge in [-0.25, -0.2) is 9.78 Å². The first-order chi connectivity index (χ1) is 13.5. The molecule has 0 radical (unpaired) electrons. The van der Waals surface area contributed by atoms with Crippen molar-refractivity contribution in [2.75, 3.05) is 32.7 Å². The fraction of sp³-hybridized carbons (Fsp3) is 0.450. The number of carbonyl (C=O) groups excluding carboxylic acids is 2. The number of hydrogen-bond donors (Lipinski definition) is 1. The predicted octanol–water partition coefficient (Wildman–Crippen LogP) is 2.45. The zero-order valence-electron chi connectivity index (χ0n) is 16.3. The fourth-order valence-corrected chi connectivity index (χ4v) is 3.67. The summed E-state index contributed by atoms with van der Waals surface area (Å²) in [6.07, 6.45) is 0.280. The average Bonchev–Trinajstić information content (AvgIpc) is 3.15. The maximum atomic E-state index is 12.5. The summed E-state index contributed by atoms with van der Waals surface area (Å²) in [7, 11) is 0. The van der Waals surface area contributed by atoms with E-state index >= 15 is 0 Å². The van der Waals surface area contributed by atoms with Gasteiger partial charge in [-0.1, -0.05) is 17.7 Å². The molecule has 7 nitrogen and oxygen atoms in total. The van der Waals surface area contributed by atoms with Gasteiger partial charge in [0.15, 0.2) is 0 Å². The van der Waals surface area contributed by atoms with E-state index < -0.39 is 0 Å². The molecule has 2 heterocycles. The molecule has 1 N–H and O–H groups in total. The molecule has 3 rings (SSSR count). The number of piperazine rings is 1.